The van der Waals surface area contributed by atoms with Crippen molar-refractivity contribution < 1.29 is 23.8 Å². The number of aryl methyl sites for hydroxylation is 1. The molecule has 1 fully saturated rings. The average Bonchev–Trinajstić information content (AvgIpc) is 3.15. The molecule has 8 heteroatoms. The van der Waals surface area contributed by atoms with Crippen LogP contribution in [0.4, 0.5) is 4.39 Å². The molecule has 2 aromatic carbocycles. The maximum Gasteiger partial charge on any atom is 0.339 e. The van der Waals surface area contributed by atoms with Gasteiger partial charge in [0.2, 0.25) is 0 Å². The summed E-state index contributed by atoms with van der Waals surface area (Å²) >= 11 is 0. The van der Waals surface area contributed by atoms with Crippen LogP contribution >= 0.6 is 0 Å². The van der Waals surface area contributed by atoms with Crippen molar-refractivity contribution in [2.45, 2.75) is 13.0 Å². The van der Waals surface area contributed by atoms with E-state index in [1.54, 1.807) is 25.4 Å². The molecule has 1 atom stereocenters. The summed E-state index contributed by atoms with van der Waals surface area (Å²) in [6, 6.07) is 7.61. The Kier molecular flexibility index (Phi) is 5.26. The van der Waals surface area contributed by atoms with Crippen molar-refractivity contribution in [2.24, 2.45) is 0 Å². The van der Waals surface area contributed by atoms with Crippen molar-refractivity contribution >= 4 is 27.7 Å². The molecule has 0 bridgehead atoms. The molecule has 33 heavy (non-hydrogen) atoms. The maximum absolute atomic E-state index is 15.0. The van der Waals surface area contributed by atoms with E-state index in [1.165, 1.54) is 12.1 Å². The van der Waals surface area contributed by atoms with Crippen LogP contribution < -0.4 is 0 Å². The van der Waals surface area contributed by atoms with Gasteiger partial charge < -0.3 is 19.5 Å². The Morgan fingerprint density at radius 2 is 1.82 bits per heavy atom. The minimum absolute atomic E-state index is 0.0188. The first-order valence-electron chi connectivity index (χ1n) is 10.8. The number of fused-ring (bicyclic) bond motifs is 3. The Hall–Kier alpha value is -3.49. The number of piperazine rings is 1. The van der Waals surface area contributed by atoms with E-state index in [-0.39, 0.29) is 28.0 Å². The molecule has 1 saturated heterocycles. The second-order valence-corrected chi connectivity index (χ2v) is 8.49. The van der Waals surface area contributed by atoms with E-state index >= 15 is 4.39 Å². The number of nitrogens with zero attached hydrogens (tertiary/aromatic N) is 3. The van der Waals surface area contributed by atoms with E-state index in [1.807, 2.05) is 19.2 Å². The first-order chi connectivity index (χ1) is 15.9. The molecule has 0 amide bonds. The summed E-state index contributed by atoms with van der Waals surface area (Å²) in [5.41, 5.74) is 1.42. The van der Waals surface area contributed by atoms with Gasteiger partial charge in [0.05, 0.1) is 11.4 Å². The zero-order valence-electron chi connectivity index (χ0n) is 18.4. The highest BCUT2D eigenvalue weighted by molar-refractivity contribution is 6.16. The van der Waals surface area contributed by atoms with Gasteiger partial charge in [-0.2, -0.15) is 0 Å². The van der Waals surface area contributed by atoms with Crippen LogP contribution in [-0.2, 0) is 0 Å². The number of likely N-dealkylation sites (N-methyl/N-ethyl adjacent to an activating group) is 1. The molecule has 1 unspecified atom stereocenters. The van der Waals surface area contributed by atoms with Gasteiger partial charge in [-0.15, -0.1) is 0 Å². The van der Waals surface area contributed by atoms with Gasteiger partial charge in [0.15, 0.2) is 0 Å². The Morgan fingerprint density at radius 1 is 1.12 bits per heavy atom. The number of carbonyl (C=O) groups is 1. The quantitative estimate of drug-likeness (QED) is 0.483. The van der Waals surface area contributed by atoms with Gasteiger partial charge in [-0.3, -0.25) is 9.88 Å². The van der Waals surface area contributed by atoms with Crippen molar-refractivity contribution in [3.63, 3.8) is 0 Å². The Bertz CT molecular complexity index is 1360. The molecule has 0 spiro atoms. The minimum atomic E-state index is -1.16. The highest BCUT2D eigenvalue weighted by Crippen LogP contribution is 2.47. The molecule has 0 saturated carbocycles. The van der Waals surface area contributed by atoms with Gasteiger partial charge in [0.25, 0.3) is 0 Å². The van der Waals surface area contributed by atoms with Crippen molar-refractivity contribution in [2.75, 3.05) is 33.2 Å². The van der Waals surface area contributed by atoms with E-state index < -0.39 is 17.8 Å². The summed E-state index contributed by atoms with van der Waals surface area (Å²) in [7, 11) is 2.04. The third kappa shape index (κ3) is 3.42. The fourth-order valence-corrected chi connectivity index (χ4v) is 4.91. The van der Waals surface area contributed by atoms with Gasteiger partial charge in [0.1, 0.15) is 28.5 Å². The number of pyridine rings is 1. The molecule has 3 heterocycles. The second-order valence-electron chi connectivity index (χ2n) is 8.49. The number of halogens is 1. The van der Waals surface area contributed by atoms with Crippen molar-refractivity contribution in [1.29, 1.82) is 0 Å². The van der Waals surface area contributed by atoms with Crippen LogP contribution in [0.2, 0.25) is 0 Å². The third-order valence-electron chi connectivity index (χ3n) is 6.52. The molecular weight excluding hydrogens is 425 g/mol. The summed E-state index contributed by atoms with van der Waals surface area (Å²) in [6.07, 6.45) is 3.32. The van der Waals surface area contributed by atoms with Crippen molar-refractivity contribution in [3.05, 3.63) is 71.0 Å². The van der Waals surface area contributed by atoms with E-state index in [4.69, 9.17) is 4.42 Å². The van der Waals surface area contributed by atoms with Crippen LogP contribution in [-0.4, -0.2) is 64.2 Å². The molecule has 170 valence electrons. The number of carboxylic acids is 1. The largest absolute Gasteiger partial charge is 0.507 e. The summed E-state index contributed by atoms with van der Waals surface area (Å²) in [5, 5.41) is 22.2. The van der Waals surface area contributed by atoms with Gasteiger partial charge in [-0.25, -0.2) is 9.18 Å². The van der Waals surface area contributed by atoms with E-state index in [2.05, 4.69) is 14.8 Å². The van der Waals surface area contributed by atoms with Crippen LogP contribution in [0.1, 0.15) is 33.3 Å². The predicted octanol–water partition coefficient (Wildman–Crippen LogP) is 4.17. The highest BCUT2D eigenvalue weighted by Gasteiger charge is 2.34. The second kappa shape index (κ2) is 8.13. The number of rotatable bonds is 4. The number of phenolic OH excluding ortho intramolecular Hbond substituents is 1. The average molecular weight is 449 g/mol. The monoisotopic (exact) mass is 449 g/mol. The number of aromatic hydroxyl groups is 1. The lowest BCUT2D eigenvalue weighted by Crippen LogP contribution is -2.46. The Labute approximate surface area is 189 Å². The molecule has 0 radical (unpaired) electrons. The van der Waals surface area contributed by atoms with E-state index in [9.17, 15) is 15.0 Å². The number of benzene rings is 2. The predicted molar refractivity (Wildman–Crippen MR) is 122 cm³/mol. The summed E-state index contributed by atoms with van der Waals surface area (Å²) in [6.45, 7) is 4.58. The van der Waals surface area contributed by atoms with Gasteiger partial charge >= 0.3 is 5.97 Å². The van der Waals surface area contributed by atoms with Crippen LogP contribution in [0.3, 0.4) is 0 Å². The number of aromatic carboxylic acids is 1. The molecule has 1 aliphatic rings. The lowest BCUT2D eigenvalue weighted by molar-refractivity contribution is 0.0696. The molecule has 2 aromatic heterocycles. The van der Waals surface area contributed by atoms with Crippen molar-refractivity contribution in [1.82, 2.24) is 14.8 Å². The van der Waals surface area contributed by atoms with Crippen LogP contribution in [0, 0.1) is 12.7 Å². The zero-order valence-corrected chi connectivity index (χ0v) is 18.4. The topological polar surface area (TPSA) is 90.0 Å². The van der Waals surface area contributed by atoms with E-state index in [0.29, 0.717) is 29.4 Å². The van der Waals surface area contributed by atoms with Gasteiger partial charge in [0, 0.05) is 54.9 Å². The number of aromatic nitrogens is 1. The highest BCUT2D eigenvalue weighted by atomic mass is 19.1. The maximum atomic E-state index is 15.0. The molecule has 0 aliphatic carbocycles. The number of hydrogen-bond donors (Lipinski definition) is 2. The van der Waals surface area contributed by atoms with Crippen LogP contribution in [0.5, 0.6) is 5.75 Å². The normalized spacial score (nSPS) is 16.5. The molecule has 2 N–H and O–H groups in total. The molecule has 5 rings (SSSR count). The van der Waals surface area contributed by atoms with E-state index in [0.717, 1.165) is 18.7 Å². The molecule has 1 aliphatic heterocycles. The fourth-order valence-electron chi connectivity index (χ4n) is 4.91. The number of hydrogen-bond acceptors (Lipinski definition) is 6. The smallest absolute Gasteiger partial charge is 0.339 e. The zero-order chi connectivity index (χ0) is 23.3. The number of furan rings is 1. The van der Waals surface area contributed by atoms with Gasteiger partial charge in [-0.05, 0) is 37.7 Å². The SMILES string of the molecule is Cc1oc2c(c1C(=O)O)c(C(c1ccncc1)N1CCN(C)CC1)c(O)c1c(F)cccc12. The molecule has 4 aromatic rings. The third-order valence-corrected chi connectivity index (χ3v) is 6.52. The first-order valence-corrected chi connectivity index (χ1v) is 10.8. The molecule has 7 nitrogen and oxygen atoms in total. The van der Waals surface area contributed by atoms with Crippen LogP contribution in [0.15, 0.2) is 47.1 Å². The lowest BCUT2D eigenvalue weighted by Gasteiger charge is -2.39. The lowest BCUT2D eigenvalue weighted by atomic mass is 9.88. The summed E-state index contributed by atoms with van der Waals surface area (Å²) < 4.78 is 20.9. The Balaban J connectivity index is 1.91. The summed E-state index contributed by atoms with van der Waals surface area (Å²) in [4.78, 5) is 20.8. The van der Waals surface area contributed by atoms with Gasteiger partial charge in [-0.1, -0.05) is 12.1 Å². The fraction of sp³-hybridized carbons (Fsp3) is 0.280. The first kappa shape index (κ1) is 21.4. The molecular formula is C25H24FN3O4. The van der Waals surface area contributed by atoms with Crippen LogP contribution in [0.25, 0.3) is 21.7 Å². The Morgan fingerprint density at radius 3 is 2.48 bits per heavy atom. The number of phenols is 1. The minimum Gasteiger partial charge on any atom is -0.507 e. The summed E-state index contributed by atoms with van der Waals surface area (Å²) in [5.74, 6) is -1.80. The van der Waals surface area contributed by atoms with Crippen molar-refractivity contribution in [3.8, 4) is 5.75 Å². The standard InChI is InChI=1S/C25H24FN3O4/c1-14-18(25(31)32)20-21(23(30)19-16(24(20)33-14)4-3-5-17(19)26)22(15-6-8-27-9-7-15)29-12-10-28(2)11-13-29/h3-9,22,30H,10-13H2,1-2H3,(H,31,32). The number of carboxylic acid groups (broad SMARTS) is 1.